The van der Waals surface area contributed by atoms with Crippen molar-refractivity contribution >= 4 is 11.8 Å². The Balaban J connectivity index is 1.98. The Morgan fingerprint density at radius 2 is 1.84 bits per heavy atom. The van der Waals surface area contributed by atoms with Gasteiger partial charge < -0.3 is 10.1 Å². The van der Waals surface area contributed by atoms with Crippen LogP contribution in [0.2, 0.25) is 0 Å². The summed E-state index contributed by atoms with van der Waals surface area (Å²) in [6.07, 6.45) is 5.69. The first-order valence-corrected chi connectivity index (χ1v) is 8.42. The van der Waals surface area contributed by atoms with E-state index in [4.69, 9.17) is 4.74 Å². The van der Waals surface area contributed by atoms with Crippen LogP contribution in [-0.4, -0.2) is 26.0 Å². The van der Waals surface area contributed by atoms with Crippen LogP contribution >= 0.6 is 11.8 Å². The quantitative estimate of drug-likeness (QED) is 0.513. The van der Waals surface area contributed by atoms with Gasteiger partial charge in [-0.3, -0.25) is 0 Å². The summed E-state index contributed by atoms with van der Waals surface area (Å²) in [6, 6.07) is 8.32. The Morgan fingerprint density at radius 3 is 2.47 bits per heavy atom. The van der Waals surface area contributed by atoms with Crippen molar-refractivity contribution < 1.29 is 4.74 Å². The first-order chi connectivity index (χ1) is 9.22. The van der Waals surface area contributed by atoms with E-state index in [1.807, 2.05) is 0 Å². The maximum atomic E-state index is 5.72. The molecule has 0 bridgehead atoms. The summed E-state index contributed by atoms with van der Waals surface area (Å²) in [6.45, 7) is 7.55. The molecule has 0 fully saturated rings. The van der Waals surface area contributed by atoms with Crippen LogP contribution in [0.4, 0.5) is 0 Å². The van der Waals surface area contributed by atoms with Gasteiger partial charge in [-0.15, -0.1) is 11.8 Å². The number of rotatable bonds is 10. The molecular weight excluding hydrogens is 254 g/mol. The summed E-state index contributed by atoms with van der Waals surface area (Å²) < 4.78 is 5.72. The molecule has 0 atom stereocenters. The molecule has 1 rings (SSSR count). The Hall–Kier alpha value is -0.670. The molecule has 3 heteroatoms. The Kier molecular flexibility index (Phi) is 8.76. The smallest absolute Gasteiger partial charge is 0.119 e. The van der Waals surface area contributed by atoms with Crippen LogP contribution in [-0.2, 0) is 0 Å². The van der Waals surface area contributed by atoms with Gasteiger partial charge in [0.2, 0.25) is 0 Å². The van der Waals surface area contributed by atoms with Crippen LogP contribution < -0.4 is 10.1 Å². The van der Waals surface area contributed by atoms with Gasteiger partial charge in [-0.2, -0.15) is 0 Å². The molecule has 0 aliphatic heterocycles. The highest BCUT2D eigenvalue weighted by atomic mass is 32.2. The van der Waals surface area contributed by atoms with Gasteiger partial charge in [0.15, 0.2) is 0 Å². The molecule has 1 aromatic carbocycles. The highest BCUT2D eigenvalue weighted by Crippen LogP contribution is 2.19. The fourth-order valence-electron chi connectivity index (χ4n) is 1.78. The van der Waals surface area contributed by atoms with Crippen molar-refractivity contribution in [3.05, 3.63) is 24.3 Å². The van der Waals surface area contributed by atoms with E-state index in [9.17, 15) is 0 Å². The number of nitrogens with one attached hydrogen (secondary N) is 1. The molecule has 1 aromatic rings. The van der Waals surface area contributed by atoms with Crippen molar-refractivity contribution in [2.75, 3.05) is 26.0 Å². The molecule has 0 aromatic heterocycles. The number of unbranched alkanes of at least 4 members (excludes halogenated alkanes) is 2. The molecule has 0 amide bonds. The molecule has 0 aliphatic rings. The van der Waals surface area contributed by atoms with Crippen molar-refractivity contribution in [1.82, 2.24) is 5.32 Å². The Labute approximate surface area is 122 Å². The molecule has 2 nitrogen and oxygen atoms in total. The minimum atomic E-state index is 0.743. The van der Waals surface area contributed by atoms with Gasteiger partial charge in [0.1, 0.15) is 5.75 Å². The van der Waals surface area contributed by atoms with E-state index < -0.39 is 0 Å². The third kappa shape index (κ3) is 8.17. The second-order valence-electron chi connectivity index (χ2n) is 5.18. The first kappa shape index (κ1) is 16.4. The van der Waals surface area contributed by atoms with Crippen LogP contribution in [0.15, 0.2) is 29.2 Å². The van der Waals surface area contributed by atoms with Crippen molar-refractivity contribution in [3.63, 3.8) is 0 Å². The van der Waals surface area contributed by atoms with Crippen LogP contribution in [0.1, 0.15) is 33.1 Å². The van der Waals surface area contributed by atoms with E-state index in [1.54, 1.807) is 11.8 Å². The number of benzene rings is 1. The summed E-state index contributed by atoms with van der Waals surface area (Å²) in [4.78, 5) is 1.28. The number of hydrogen-bond acceptors (Lipinski definition) is 3. The van der Waals surface area contributed by atoms with E-state index in [-0.39, 0.29) is 0 Å². The molecule has 0 radical (unpaired) electrons. The second kappa shape index (κ2) is 10.2. The fraction of sp³-hybridized carbons (Fsp3) is 0.625. The molecule has 1 N–H and O–H groups in total. The molecule has 0 heterocycles. The number of thioether (sulfide) groups is 1. The van der Waals surface area contributed by atoms with E-state index in [1.165, 1.54) is 17.7 Å². The Morgan fingerprint density at radius 1 is 1.11 bits per heavy atom. The van der Waals surface area contributed by atoms with E-state index >= 15 is 0 Å². The summed E-state index contributed by atoms with van der Waals surface area (Å²) >= 11 is 1.76. The SMILES string of the molecule is CSc1ccc(OCCCCCNCC(C)C)cc1. The molecule has 0 saturated carbocycles. The van der Waals surface area contributed by atoms with E-state index in [0.29, 0.717) is 0 Å². The van der Waals surface area contributed by atoms with Crippen molar-refractivity contribution in [2.24, 2.45) is 5.92 Å². The minimum Gasteiger partial charge on any atom is -0.494 e. The summed E-state index contributed by atoms with van der Waals surface area (Å²) in [5.41, 5.74) is 0. The molecule has 0 aliphatic carbocycles. The molecule has 0 unspecified atom stereocenters. The van der Waals surface area contributed by atoms with Gasteiger partial charge in [0.05, 0.1) is 6.61 Å². The normalized spacial score (nSPS) is 10.9. The lowest BCUT2D eigenvalue weighted by molar-refractivity contribution is 0.304. The van der Waals surface area contributed by atoms with Crippen LogP contribution in [0.3, 0.4) is 0 Å². The third-order valence-electron chi connectivity index (χ3n) is 2.88. The predicted molar refractivity (Wildman–Crippen MR) is 85.3 cm³/mol. The molecule has 108 valence electrons. The van der Waals surface area contributed by atoms with Gasteiger partial charge in [0, 0.05) is 4.90 Å². The largest absolute Gasteiger partial charge is 0.494 e. The van der Waals surface area contributed by atoms with Gasteiger partial charge in [-0.05, 0) is 68.8 Å². The van der Waals surface area contributed by atoms with Gasteiger partial charge in [-0.25, -0.2) is 0 Å². The molecule has 0 spiro atoms. The molecule has 0 saturated heterocycles. The predicted octanol–water partition coefficient (Wildman–Crippen LogP) is 4.20. The van der Waals surface area contributed by atoms with Gasteiger partial charge in [-0.1, -0.05) is 13.8 Å². The van der Waals surface area contributed by atoms with Crippen molar-refractivity contribution in [2.45, 2.75) is 38.0 Å². The summed E-state index contributed by atoms with van der Waals surface area (Å²) in [5, 5.41) is 3.46. The summed E-state index contributed by atoms with van der Waals surface area (Å²) in [7, 11) is 0. The lowest BCUT2D eigenvalue weighted by Crippen LogP contribution is -2.20. The summed E-state index contributed by atoms with van der Waals surface area (Å²) in [5.74, 6) is 1.73. The molecular formula is C16H27NOS. The zero-order valence-electron chi connectivity index (χ0n) is 12.4. The number of hydrogen-bond donors (Lipinski definition) is 1. The topological polar surface area (TPSA) is 21.3 Å². The Bertz CT molecular complexity index is 324. The van der Waals surface area contributed by atoms with Crippen molar-refractivity contribution in [1.29, 1.82) is 0 Å². The van der Waals surface area contributed by atoms with Crippen LogP contribution in [0, 0.1) is 5.92 Å². The first-order valence-electron chi connectivity index (χ1n) is 7.20. The zero-order chi connectivity index (χ0) is 13.9. The zero-order valence-corrected chi connectivity index (χ0v) is 13.3. The van der Waals surface area contributed by atoms with Gasteiger partial charge in [0.25, 0.3) is 0 Å². The van der Waals surface area contributed by atoms with Gasteiger partial charge >= 0.3 is 0 Å². The highest BCUT2D eigenvalue weighted by Gasteiger charge is 1.96. The number of ether oxygens (including phenoxy) is 1. The third-order valence-corrected chi connectivity index (χ3v) is 3.62. The fourth-order valence-corrected chi connectivity index (χ4v) is 2.19. The van der Waals surface area contributed by atoms with Crippen LogP contribution in [0.5, 0.6) is 5.75 Å². The second-order valence-corrected chi connectivity index (χ2v) is 6.06. The monoisotopic (exact) mass is 281 g/mol. The van der Waals surface area contributed by atoms with Crippen molar-refractivity contribution in [3.8, 4) is 5.75 Å². The lowest BCUT2D eigenvalue weighted by atomic mass is 10.2. The maximum Gasteiger partial charge on any atom is 0.119 e. The lowest BCUT2D eigenvalue weighted by Gasteiger charge is -2.08. The standard InChI is InChI=1S/C16H27NOS/c1-14(2)13-17-11-5-4-6-12-18-15-7-9-16(19-3)10-8-15/h7-10,14,17H,4-6,11-13H2,1-3H3. The average molecular weight is 281 g/mol. The minimum absolute atomic E-state index is 0.743. The molecule has 19 heavy (non-hydrogen) atoms. The van der Waals surface area contributed by atoms with E-state index in [2.05, 4.69) is 49.7 Å². The maximum absolute atomic E-state index is 5.72. The highest BCUT2D eigenvalue weighted by molar-refractivity contribution is 7.98. The average Bonchev–Trinajstić information content (AvgIpc) is 2.42. The van der Waals surface area contributed by atoms with E-state index in [0.717, 1.165) is 37.8 Å². The van der Waals surface area contributed by atoms with Crippen LogP contribution in [0.25, 0.3) is 0 Å².